The average molecular weight is 590 g/mol. The lowest BCUT2D eigenvalue weighted by molar-refractivity contribution is -0.126. The van der Waals surface area contributed by atoms with Crippen molar-refractivity contribution in [2.24, 2.45) is 11.3 Å². The molecule has 0 bridgehead atoms. The number of hydrogen-bond acceptors (Lipinski definition) is 8. The lowest BCUT2D eigenvalue weighted by Gasteiger charge is -2.28. The summed E-state index contributed by atoms with van der Waals surface area (Å²) in [6.45, 7) is 17.0. The van der Waals surface area contributed by atoms with Gasteiger partial charge in [-0.3, -0.25) is 14.9 Å². The molecule has 1 saturated heterocycles. The molecule has 0 saturated carbocycles. The van der Waals surface area contributed by atoms with Crippen LogP contribution >= 0.6 is 0 Å². The topological polar surface area (TPSA) is 138 Å². The molecule has 3 heterocycles. The van der Waals surface area contributed by atoms with Gasteiger partial charge in [0.25, 0.3) is 11.8 Å². The van der Waals surface area contributed by atoms with Crippen LogP contribution in [0.25, 0.3) is 11.0 Å². The van der Waals surface area contributed by atoms with Crippen molar-refractivity contribution < 1.29 is 18.8 Å². The minimum atomic E-state index is -0.722. The minimum Gasteiger partial charge on any atom is -0.372 e. The van der Waals surface area contributed by atoms with Crippen LogP contribution in [0.15, 0.2) is 46.6 Å². The molecule has 11 nitrogen and oxygen atoms in total. The van der Waals surface area contributed by atoms with Crippen LogP contribution < -0.4 is 10.6 Å². The number of imidazole rings is 1. The fourth-order valence-electron chi connectivity index (χ4n) is 5.14. The zero-order valence-corrected chi connectivity index (χ0v) is 26.2. The van der Waals surface area contributed by atoms with Gasteiger partial charge in [0, 0.05) is 44.9 Å². The Morgan fingerprint density at radius 3 is 2.67 bits per heavy atom. The number of anilines is 1. The molecule has 0 aliphatic carbocycles. The molecule has 1 aromatic carbocycles. The second-order valence-corrected chi connectivity index (χ2v) is 12.8. The first-order valence-electron chi connectivity index (χ1n) is 14.8. The van der Waals surface area contributed by atoms with Crippen molar-refractivity contribution in [1.82, 2.24) is 24.9 Å². The number of rotatable bonds is 11. The number of nitrogens with one attached hydrogen (secondary N) is 2. The first-order chi connectivity index (χ1) is 20.3. The number of hydrogen-bond donors (Lipinski definition) is 2. The maximum absolute atomic E-state index is 13.3. The highest BCUT2D eigenvalue weighted by molar-refractivity contribution is 6.02. The number of benzene rings is 1. The van der Waals surface area contributed by atoms with Crippen LogP contribution in [-0.4, -0.2) is 62.8 Å². The highest BCUT2D eigenvalue weighted by Gasteiger charge is 2.31. The second kappa shape index (κ2) is 13.1. The number of aromatic nitrogens is 3. The van der Waals surface area contributed by atoms with Gasteiger partial charge in [0.15, 0.2) is 0 Å². The van der Waals surface area contributed by atoms with Crippen LogP contribution in [0, 0.1) is 22.7 Å². The molecule has 2 amide bonds. The monoisotopic (exact) mass is 589 g/mol. The number of likely N-dealkylation sites (tertiary alicyclic amines) is 1. The first kappa shape index (κ1) is 31.9. The lowest BCUT2D eigenvalue weighted by Crippen LogP contribution is -2.37. The van der Waals surface area contributed by atoms with Crippen molar-refractivity contribution in [3.8, 4) is 6.07 Å². The quantitative estimate of drug-likeness (QED) is 0.238. The summed E-state index contributed by atoms with van der Waals surface area (Å²) >= 11 is 0. The number of carbonyl (C=O) groups is 2. The normalized spacial score (nSPS) is 16.8. The molecule has 2 aromatic heterocycles. The predicted octanol–water partition coefficient (Wildman–Crippen LogP) is 4.91. The van der Waals surface area contributed by atoms with Crippen LogP contribution in [0.1, 0.15) is 71.0 Å². The SMILES string of the molecule is CCOC(C)(C)C=C(C#N)C(=O)N1CC[C@H](Cn2c(NC(=O)c3ccno3)nc3cc(CN[C@@H](C)C(C)(C)C)ccc32)C1. The number of carbonyl (C=O) groups excluding carboxylic acids is 2. The van der Waals surface area contributed by atoms with E-state index in [-0.39, 0.29) is 28.6 Å². The van der Waals surface area contributed by atoms with Crippen molar-refractivity contribution >= 4 is 28.8 Å². The Balaban J connectivity index is 1.56. The Morgan fingerprint density at radius 2 is 2.02 bits per heavy atom. The van der Waals surface area contributed by atoms with E-state index in [1.807, 2.05) is 37.5 Å². The molecular formula is C32H43N7O4. The van der Waals surface area contributed by atoms with E-state index in [9.17, 15) is 14.9 Å². The molecule has 0 radical (unpaired) electrons. The Hall–Kier alpha value is -4.01. The summed E-state index contributed by atoms with van der Waals surface area (Å²) in [5.74, 6) is -0.169. The van der Waals surface area contributed by atoms with Gasteiger partial charge in [-0.15, -0.1) is 0 Å². The van der Waals surface area contributed by atoms with Crippen molar-refractivity contribution in [2.75, 3.05) is 25.0 Å². The second-order valence-electron chi connectivity index (χ2n) is 12.8. The van der Waals surface area contributed by atoms with Gasteiger partial charge in [0.2, 0.25) is 11.7 Å². The Labute approximate surface area is 253 Å². The number of nitrogens with zero attached hydrogens (tertiary/aromatic N) is 5. The molecular weight excluding hydrogens is 546 g/mol. The minimum absolute atomic E-state index is 0.0779. The van der Waals surface area contributed by atoms with Crippen LogP contribution in [-0.2, 0) is 22.6 Å². The Morgan fingerprint density at radius 1 is 1.26 bits per heavy atom. The molecule has 0 spiro atoms. The van der Waals surface area contributed by atoms with Crippen LogP contribution in [0.3, 0.4) is 0 Å². The molecule has 0 unspecified atom stereocenters. The van der Waals surface area contributed by atoms with E-state index in [0.717, 1.165) is 23.0 Å². The summed E-state index contributed by atoms with van der Waals surface area (Å²) in [5, 5.41) is 19.8. The number of ether oxygens (including phenoxy) is 1. The Bertz CT molecular complexity index is 1510. The summed E-state index contributed by atoms with van der Waals surface area (Å²) in [6, 6.07) is 10.00. The molecule has 11 heteroatoms. The summed E-state index contributed by atoms with van der Waals surface area (Å²) in [6.07, 6.45) is 3.77. The molecule has 1 aliphatic rings. The summed E-state index contributed by atoms with van der Waals surface area (Å²) in [5.41, 5.74) is 2.21. The summed E-state index contributed by atoms with van der Waals surface area (Å²) in [4.78, 5) is 32.6. The fraction of sp³-hybridized carbons (Fsp3) is 0.531. The highest BCUT2D eigenvalue weighted by Crippen LogP contribution is 2.28. The first-order valence-corrected chi connectivity index (χ1v) is 14.8. The summed E-state index contributed by atoms with van der Waals surface area (Å²) < 4.78 is 12.7. The number of fused-ring (bicyclic) bond motifs is 1. The number of nitriles is 1. The lowest BCUT2D eigenvalue weighted by atomic mass is 9.88. The van der Waals surface area contributed by atoms with E-state index in [1.165, 1.54) is 12.3 Å². The van der Waals surface area contributed by atoms with E-state index < -0.39 is 11.5 Å². The van der Waals surface area contributed by atoms with E-state index in [2.05, 4.69) is 55.6 Å². The van der Waals surface area contributed by atoms with Gasteiger partial charge in [-0.1, -0.05) is 32.0 Å². The molecule has 1 aliphatic heterocycles. The molecule has 230 valence electrons. The third kappa shape index (κ3) is 7.89. The van der Waals surface area contributed by atoms with Crippen LogP contribution in [0.4, 0.5) is 5.95 Å². The van der Waals surface area contributed by atoms with Gasteiger partial charge in [-0.05, 0) is 69.2 Å². The smallest absolute Gasteiger partial charge is 0.296 e. The molecule has 2 atom stereocenters. The van der Waals surface area contributed by atoms with E-state index in [4.69, 9.17) is 14.2 Å². The third-order valence-corrected chi connectivity index (χ3v) is 7.98. The maximum Gasteiger partial charge on any atom is 0.296 e. The molecule has 2 N–H and O–H groups in total. The molecule has 43 heavy (non-hydrogen) atoms. The zero-order valence-electron chi connectivity index (χ0n) is 26.2. The maximum atomic E-state index is 13.3. The van der Waals surface area contributed by atoms with E-state index in [0.29, 0.717) is 44.8 Å². The van der Waals surface area contributed by atoms with Crippen molar-refractivity contribution in [3.05, 3.63) is 53.4 Å². The van der Waals surface area contributed by atoms with Crippen LogP contribution in [0.5, 0.6) is 0 Å². The van der Waals surface area contributed by atoms with Gasteiger partial charge >= 0.3 is 0 Å². The number of amides is 2. The van der Waals surface area contributed by atoms with E-state index >= 15 is 0 Å². The van der Waals surface area contributed by atoms with Crippen molar-refractivity contribution in [3.63, 3.8) is 0 Å². The Kier molecular flexibility index (Phi) is 9.72. The average Bonchev–Trinajstić information content (AvgIpc) is 3.71. The van der Waals surface area contributed by atoms with Gasteiger partial charge in [-0.25, -0.2) is 4.98 Å². The molecule has 3 aromatic rings. The largest absolute Gasteiger partial charge is 0.372 e. The fourth-order valence-corrected chi connectivity index (χ4v) is 5.14. The van der Waals surface area contributed by atoms with Crippen molar-refractivity contribution in [2.45, 2.75) is 79.6 Å². The standard InChI is InChI=1S/C32H43N7O4/c1-8-42-32(6,7)16-24(17-33)29(41)38-14-12-23(19-38)20-39-26-10-9-22(18-34-21(2)31(3,4)5)15-25(26)36-30(39)37-28(40)27-11-13-35-43-27/h9-11,13,15-16,21,23,34H,8,12,14,18-20H2,1-7H3,(H,36,37,40)/t21-,23-/m0/s1. The van der Waals surface area contributed by atoms with Gasteiger partial charge < -0.3 is 24.0 Å². The summed E-state index contributed by atoms with van der Waals surface area (Å²) in [7, 11) is 0. The van der Waals surface area contributed by atoms with Gasteiger partial charge in [0.1, 0.15) is 11.6 Å². The van der Waals surface area contributed by atoms with E-state index in [1.54, 1.807) is 11.0 Å². The third-order valence-electron chi connectivity index (χ3n) is 7.98. The highest BCUT2D eigenvalue weighted by atomic mass is 16.5. The zero-order chi connectivity index (χ0) is 31.4. The van der Waals surface area contributed by atoms with Gasteiger partial charge in [-0.2, -0.15) is 5.26 Å². The predicted molar refractivity (Wildman–Crippen MR) is 164 cm³/mol. The van der Waals surface area contributed by atoms with Gasteiger partial charge in [0.05, 0.1) is 22.8 Å². The van der Waals surface area contributed by atoms with Crippen molar-refractivity contribution in [1.29, 1.82) is 5.26 Å². The van der Waals surface area contributed by atoms with Crippen LogP contribution in [0.2, 0.25) is 0 Å². The molecule has 4 rings (SSSR count). The molecule has 1 fully saturated rings.